The first kappa shape index (κ1) is 14.9. The first-order valence-corrected chi connectivity index (χ1v) is 6.02. The van der Waals surface area contributed by atoms with E-state index in [4.69, 9.17) is 0 Å². The van der Waals surface area contributed by atoms with Crippen LogP contribution in [0.25, 0.3) is 0 Å². The van der Waals surface area contributed by atoms with Crippen molar-refractivity contribution in [2.24, 2.45) is 5.92 Å². The van der Waals surface area contributed by atoms with E-state index >= 15 is 0 Å². The zero-order valence-corrected chi connectivity index (χ0v) is 11.2. The van der Waals surface area contributed by atoms with Crippen molar-refractivity contribution in [3.05, 3.63) is 35.6 Å². The summed E-state index contributed by atoms with van der Waals surface area (Å²) in [6, 6.07) is 4.52. The van der Waals surface area contributed by atoms with E-state index in [9.17, 15) is 14.0 Å². The minimum Gasteiger partial charge on any atom is -0.334 e. The van der Waals surface area contributed by atoms with E-state index in [1.54, 1.807) is 0 Å². The van der Waals surface area contributed by atoms with Crippen molar-refractivity contribution in [1.29, 1.82) is 0 Å². The molecule has 0 fully saturated rings. The third-order valence-electron chi connectivity index (χ3n) is 2.75. The number of urea groups is 1. The summed E-state index contributed by atoms with van der Waals surface area (Å²) in [7, 11) is 0. The van der Waals surface area contributed by atoms with Crippen LogP contribution >= 0.6 is 0 Å². The van der Waals surface area contributed by atoms with Crippen LogP contribution in [0.1, 0.15) is 31.1 Å². The number of nitrogens with one attached hydrogen (secondary N) is 3. The molecule has 1 unspecified atom stereocenters. The van der Waals surface area contributed by atoms with Crippen LogP contribution in [0.15, 0.2) is 24.3 Å². The second-order valence-electron chi connectivity index (χ2n) is 4.59. The lowest BCUT2D eigenvalue weighted by atomic mass is 10.1. The molecule has 0 aliphatic heterocycles. The summed E-state index contributed by atoms with van der Waals surface area (Å²) in [6.45, 7) is 5.82. The summed E-state index contributed by atoms with van der Waals surface area (Å²) in [5.74, 6) is -0.640. The van der Waals surface area contributed by atoms with Gasteiger partial charge in [0.15, 0.2) is 0 Å². The summed E-state index contributed by atoms with van der Waals surface area (Å²) in [6.07, 6.45) is 0. The Morgan fingerprint density at radius 3 is 2.16 bits per heavy atom. The van der Waals surface area contributed by atoms with E-state index in [0.717, 1.165) is 0 Å². The second kappa shape index (κ2) is 6.72. The van der Waals surface area contributed by atoms with E-state index in [2.05, 4.69) is 16.2 Å². The Balaban J connectivity index is 2.42. The molecule has 0 spiro atoms. The van der Waals surface area contributed by atoms with Gasteiger partial charge in [-0.15, -0.1) is 0 Å². The molecule has 3 N–H and O–H groups in total. The molecular formula is C13H18FN3O2. The minimum absolute atomic E-state index is 0.0114. The van der Waals surface area contributed by atoms with E-state index < -0.39 is 17.8 Å². The zero-order valence-electron chi connectivity index (χ0n) is 11.2. The molecule has 0 saturated carbocycles. The summed E-state index contributed by atoms with van der Waals surface area (Å²) in [4.78, 5) is 23.1. The first-order valence-electron chi connectivity index (χ1n) is 6.02. The molecule has 1 aromatic rings. The molecule has 1 atom stereocenters. The lowest BCUT2D eigenvalue weighted by Gasteiger charge is -2.17. The molecule has 0 radical (unpaired) electrons. The fourth-order valence-electron chi connectivity index (χ4n) is 1.20. The van der Waals surface area contributed by atoms with Gasteiger partial charge >= 0.3 is 6.03 Å². The molecule has 1 rings (SSSR count). The molecule has 1 aromatic carbocycles. The average Bonchev–Trinajstić information content (AvgIpc) is 2.36. The number of benzene rings is 1. The third-order valence-corrected chi connectivity index (χ3v) is 2.75. The maximum absolute atomic E-state index is 12.7. The maximum Gasteiger partial charge on any atom is 0.333 e. The molecule has 0 aromatic heterocycles. The molecule has 0 heterocycles. The van der Waals surface area contributed by atoms with E-state index in [0.29, 0.717) is 5.92 Å². The molecule has 19 heavy (non-hydrogen) atoms. The molecule has 104 valence electrons. The highest BCUT2D eigenvalue weighted by molar-refractivity contribution is 5.95. The van der Waals surface area contributed by atoms with Crippen LogP contribution in [0.5, 0.6) is 0 Å². The van der Waals surface area contributed by atoms with Crippen LogP contribution in [0.3, 0.4) is 0 Å². The van der Waals surface area contributed by atoms with E-state index in [1.807, 2.05) is 20.8 Å². The van der Waals surface area contributed by atoms with Gasteiger partial charge in [0.25, 0.3) is 5.91 Å². The van der Waals surface area contributed by atoms with Gasteiger partial charge in [0.2, 0.25) is 0 Å². The van der Waals surface area contributed by atoms with Crippen molar-refractivity contribution in [2.75, 3.05) is 0 Å². The topological polar surface area (TPSA) is 70.2 Å². The fourth-order valence-corrected chi connectivity index (χ4v) is 1.20. The highest BCUT2D eigenvalue weighted by Gasteiger charge is 2.11. The lowest BCUT2D eigenvalue weighted by molar-refractivity contribution is 0.0935. The minimum atomic E-state index is -0.507. The van der Waals surface area contributed by atoms with Crippen LogP contribution in [0, 0.1) is 11.7 Å². The van der Waals surface area contributed by atoms with Gasteiger partial charge in [0.1, 0.15) is 5.82 Å². The first-order chi connectivity index (χ1) is 8.90. The van der Waals surface area contributed by atoms with Crippen LogP contribution in [-0.4, -0.2) is 18.0 Å². The van der Waals surface area contributed by atoms with Gasteiger partial charge in [-0.05, 0) is 37.1 Å². The largest absolute Gasteiger partial charge is 0.334 e. The van der Waals surface area contributed by atoms with E-state index in [1.165, 1.54) is 24.3 Å². The standard InChI is InChI=1S/C13H18FN3O2/c1-8(2)9(3)15-13(19)17-16-12(18)10-4-6-11(14)7-5-10/h4-9H,1-3H3,(H,16,18)(H2,15,17,19). The Morgan fingerprint density at radius 2 is 1.63 bits per heavy atom. The monoisotopic (exact) mass is 267 g/mol. The summed E-state index contributed by atoms with van der Waals surface area (Å²) in [5.41, 5.74) is 4.74. The number of halogens is 1. The highest BCUT2D eigenvalue weighted by Crippen LogP contribution is 2.02. The average molecular weight is 267 g/mol. The van der Waals surface area contributed by atoms with Gasteiger partial charge < -0.3 is 5.32 Å². The van der Waals surface area contributed by atoms with Crippen LogP contribution < -0.4 is 16.2 Å². The van der Waals surface area contributed by atoms with Crippen LogP contribution in [0.2, 0.25) is 0 Å². The smallest absolute Gasteiger partial charge is 0.333 e. The van der Waals surface area contributed by atoms with Gasteiger partial charge in [0.05, 0.1) is 0 Å². The van der Waals surface area contributed by atoms with Crippen molar-refractivity contribution >= 4 is 11.9 Å². The number of hydrogen-bond acceptors (Lipinski definition) is 2. The number of carbonyl (C=O) groups excluding carboxylic acids is 2. The maximum atomic E-state index is 12.7. The quantitative estimate of drug-likeness (QED) is 0.731. The van der Waals surface area contributed by atoms with Gasteiger partial charge in [-0.1, -0.05) is 13.8 Å². The predicted molar refractivity (Wildman–Crippen MR) is 69.8 cm³/mol. The van der Waals surface area contributed by atoms with Gasteiger partial charge in [-0.3, -0.25) is 10.2 Å². The second-order valence-corrected chi connectivity index (χ2v) is 4.59. The molecule has 0 bridgehead atoms. The number of hydrogen-bond donors (Lipinski definition) is 3. The number of carbonyl (C=O) groups is 2. The van der Waals surface area contributed by atoms with Gasteiger partial charge in [-0.2, -0.15) is 0 Å². The SMILES string of the molecule is CC(C)C(C)NC(=O)NNC(=O)c1ccc(F)cc1. The Morgan fingerprint density at radius 1 is 1.05 bits per heavy atom. The highest BCUT2D eigenvalue weighted by atomic mass is 19.1. The molecule has 0 aliphatic carbocycles. The fraction of sp³-hybridized carbons (Fsp3) is 0.385. The lowest BCUT2D eigenvalue weighted by Crippen LogP contribution is -2.50. The molecule has 3 amide bonds. The zero-order chi connectivity index (χ0) is 14.4. The Bertz CT molecular complexity index is 446. The van der Waals surface area contributed by atoms with Crippen LogP contribution in [0.4, 0.5) is 9.18 Å². The molecule has 0 saturated heterocycles. The van der Waals surface area contributed by atoms with Crippen molar-refractivity contribution in [2.45, 2.75) is 26.8 Å². The molecule has 0 aliphatic rings. The third kappa shape index (κ3) is 4.95. The normalized spacial score (nSPS) is 11.8. The van der Waals surface area contributed by atoms with Crippen molar-refractivity contribution in [3.8, 4) is 0 Å². The summed E-state index contributed by atoms with van der Waals surface area (Å²) in [5, 5.41) is 2.67. The summed E-state index contributed by atoms with van der Waals surface area (Å²) < 4.78 is 12.7. The predicted octanol–water partition coefficient (Wildman–Crippen LogP) is 1.81. The number of rotatable bonds is 3. The molecule has 6 heteroatoms. The molecule has 5 nitrogen and oxygen atoms in total. The number of amides is 3. The Labute approximate surface area is 111 Å². The van der Waals surface area contributed by atoms with Crippen LogP contribution in [-0.2, 0) is 0 Å². The number of hydrazine groups is 1. The van der Waals surface area contributed by atoms with Crippen molar-refractivity contribution in [1.82, 2.24) is 16.2 Å². The van der Waals surface area contributed by atoms with Crippen molar-refractivity contribution in [3.63, 3.8) is 0 Å². The van der Waals surface area contributed by atoms with Gasteiger partial charge in [-0.25, -0.2) is 14.6 Å². The molecular weight excluding hydrogens is 249 g/mol. The van der Waals surface area contributed by atoms with Crippen molar-refractivity contribution < 1.29 is 14.0 Å². The van der Waals surface area contributed by atoms with E-state index in [-0.39, 0.29) is 11.6 Å². The Kier molecular flexibility index (Phi) is 5.29. The Hall–Kier alpha value is -2.11. The van der Waals surface area contributed by atoms with Gasteiger partial charge in [0, 0.05) is 11.6 Å². The summed E-state index contributed by atoms with van der Waals surface area (Å²) >= 11 is 0.